The Morgan fingerprint density at radius 2 is 1.81 bits per heavy atom. The molecule has 9 heteroatoms. The van der Waals surface area contributed by atoms with Crippen LogP contribution in [-0.2, 0) is 9.63 Å². The first kappa shape index (κ1) is 23.4. The molecule has 0 fully saturated rings. The van der Waals surface area contributed by atoms with Crippen LogP contribution in [0.4, 0.5) is 10.5 Å². The summed E-state index contributed by atoms with van der Waals surface area (Å²) >= 11 is 0.927. The first-order valence-corrected chi connectivity index (χ1v) is 10.7. The molecule has 1 amide bonds. The lowest BCUT2D eigenvalue weighted by atomic mass is 9.96. The van der Waals surface area contributed by atoms with Crippen LogP contribution in [0.15, 0.2) is 54.6 Å². The van der Waals surface area contributed by atoms with Crippen molar-refractivity contribution < 1.29 is 29.4 Å². The van der Waals surface area contributed by atoms with Gasteiger partial charge in [-0.2, -0.15) is 0 Å². The third kappa shape index (κ3) is 4.80. The molecule has 3 rings (SSSR count). The van der Waals surface area contributed by atoms with Gasteiger partial charge in [-0.25, -0.2) is 5.90 Å². The lowest BCUT2D eigenvalue weighted by Crippen LogP contribution is -2.22. The number of carboxylic acid groups (broad SMARTS) is 1. The molecular formula is C23H24N2O6S. The number of fused-ring (bicyclic) bond motifs is 1. The maximum atomic E-state index is 12.5. The summed E-state index contributed by atoms with van der Waals surface area (Å²) in [5, 5.41) is 20.7. The van der Waals surface area contributed by atoms with Crippen molar-refractivity contribution in [1.29, 1.82) is 0 Å². The zero-order valence-electron chi connectivity index (χ0n) is 17.6. The molecule has 168 valence electrons. The minimum atomic E-state index is -0.956. The normalized spacial score (nSPS) is 11.8. The first-order valence-electron chi connectivity index (χ1n) is 9.74. The van der Waals surface area contributed by atoms with Crippen molar-refractivity contribution in [1.82, 2.24) is 0 Å². The van der Waals surface area contributed by atoms with Crippen molar-refractivity contribution in [2.24, 2.45) is 5.90 Å². The van der Waals surface area contributed by atoms with E-state index in [4.69, 9.17) is 20.6 Å². The van der Waals surface area contributed by atoms with Gasteiger partial charge < -0.3 is 19.8 Å². The summed E-state index contributed by atoms with van der Waals surface area (Å²) in [5.41, 5.74) is 1.69. The molecule has 3 aromatic carbocycles. The van der Waals surface area contributed by atoms with Gasteiger partial charge in [-0.3, -0.25) is 14.4 Å². The average Bonchev–Trinajstić information content (AvgIpc) is 2.80. The Hall–Kier alpha value is -3.27. The molecule has 0 spiro atoms. The maximum absolute atomic E-state index is 12.5. The number of anilines is 1. The maximum Gasteiger partial charge on any atom is 0.304 e. The molecule has 0 saturated heterocycles. The van der Waals surface area contributed by atoms with E-state index in [9.17, 15) is 14.7 Å². The summed E-state index contributed by atoms with van der Waals surface area (Å²) in [6, 6.07) is 15.9. The van der Waals surface area contributed by atoms with Gasteiger partial charge in [0.1, 0.15) is 17.6 Å². The fourth-order valence-corrected chi connectivity index (χ4v) is 4.21. The highest BCUT2D eigenvalue weighted by Crippen LogP contribution is 2.41. The summed E-state index contributed by atoms with van der Waals surface area (Å²) < 4.78 is 5.40. The predicted octanol–water partition coefficient (Wildman–Crippen LogP) is 4.30. The number of methoxy groups -OCH3 is 1. The van der Waals surface area contributed by atoms with Crippen molar-refractivity contribution in [3.63, 3.8) is 0 Å². The minimum Gasteiger partial charge on any atom is -0.507 e. The molecule has 1 unspecified atom stereocenters. The lowest BCUT2D eigenvalue weighted by Gasteiger charge is -2.22. The van der Waals surface area contributed by atoms with E-state index in [1.165, 1.54) is 4.90 Å². The Labute approximate surface area is 189 Å². The van der Waals surface area contributed by atoms with Gasteiger partial charge in [0.15, 0.2) is 0 Å². The first-order chi connectivity index (χ1) is 15.4. The van der Waals surface area contributed by atoms with Crippen molar-refractivity contribution in [3.05, 3.63) is 65.7 Å². The second kappa shape index (κ2) is 10.4. The molecule has 0 aliphatic rings. The van der Waals surface area contributed by atoms with Crippen LogP contribution in [0.2, 0.25) is 0 Å². The number of carboxylic acids is 1. The molecule has 0 aliphatic heterocycles. The number of hydrogen-bond acceptors (Lipinski definition) is 7. The van der Waals surface area contributed by atoms with Crippen LogP contribution in [0.1, 0.15) is 23.7 Å². The molecule has 8 nitrogen and oxygen atoms in total. The number of ether oxygens (including phenoxy) is 1. The Bertz CT molecular complexity index is 1140. The molecule has 3 aromatic rings. The van der Waals surface area contributed by atoms with E-state index in [0.29, 0.717) is 33.3 Å². The third-order valence-electron chi connectivity index (χ3n) is 5.06. The van der Waals surface area contributed by atoms with Crippen molar-refractivity contribution in [2.75, 3.05) is 24.8 Å². The number of nitrogens with zero attached hydrogens (tertiary/aromatic N) is 1. The van der Waals surface area contributed by atoms with Crippen LogP contribution in [0.3, 0.4) is 0 Å². The molecule has 0 aromatic heterocycles. The number of hydrogen-bond donors (Lipinski definition) is 3. The highest BCUT2D eigenvalue weighted by molar-refractivity contribution is 8.13. The Morgan fingerprint density at radius 3 is 2.50 bits per heavy atom. The number of rotatable bonds is 8. The number of nitrogens with two attached hydrogens (primary N) is 1. The van der Waals surface area contributed by atoms with E-state index < -0.39 is 12.1 Å². The Balaban J connectivity index is 1.99. The van der Waals surface area contributed by atoms with E-state index in [1.54, 1.807) is 56.6 Å². The topological polar surface area (TPSA) is 122 Å². The van der Waals surface area contributed by atoms with Crippen LogP contribution < -0.4 is 15.5 Å². The number of amides is 1. The summed E-state index contributed by atoms with van der Waals surface area (Å²) in [6.45, 7) is 0. The van der Waals surface area contributed by atoms with E-state index in [-0.39, 0.29) is 23.2 Å². The second-order valence-corrected chi connectivity index (χ2v) is 8.00. The lowest BCUT2D eigenvalue weighted by molar-refractivity contribution is -0.136. The van der Waals surface area contributed by atoms with Gasteiger partial charge in [-0.15, -0.1) is 0 Å². The van der Waals surface area contributed by atoms with Crippen LogP contribution in [0.25, 0.3) is 10.8 Å². The highest BCUT2D eigenvalue weighted by Gasteiger charge is 2.24. The van der Waals surface area contributed by atoms with E-state index in [0.717, 1.165) is 11.8 Å². The van der Waals surface area contributed by atoms with Crippen LogP contribution in [0, 0.1) is 0 Å². The number of phenolic OH excluding ortho intramolecular Hbond substituents is 1. The SMILES string of the molecule is COc1ccccc1C(ON)c1ccc2c(N(C)C(=O)SCCC(=O)O)cccc2c1O. The number of phenols is 1. The van der Waals surface area contributed by atoms with Gasteiger partial charge in [0.2, 0.25) is 0 Å². The number of thioether (sulfide) groups is 1. The fraction of sp³-hybridized carbons (Fsp3) is 0.217. The molecular weight excluding hydrogens is 432 g/mol. The summed E-state index contributed by atoms with van der Waals surface area (Å²) in [7, 11) is 3.15. The number of carbonyl (C=O) groups is 2. The van der Waals surface area contributed by atoms with Crippen LogP contribution in [0.5, 0.6) is 11.5 Å². The standard InChI is InChI=1S/C23H24N2O6S/c1-25(23(29)32-13-12-20(26)27)18-8-5-7-15-14(18)10-11-17(21(15)28)22(31-24)16-6-3-4-9-19(16)30-2/h3-11,22,28H,12-13,24H2,1-2H3,(H,26,27). The molecule has 4 N–H and O–H groups in total. The average molecular weight is 457 g/mol. The smallest absolute Gasteiger partial charge is 0.304 e. The number of carbonyl (C=O) groups excluding carboxylic acids is 1. The summed E-state index contributed by atoms with van der Waals surface area (Å²) in [5.74, 6) is 5.36. The van der Waals surface area contributed by atoms with Crippen LogP contribution in [-0.4, -0.2) is 41.3 Å². The zero-order valence-corrected chi connectivity index (χ0v) is 18.5. The molecule has 1 atom stereocenters. The molecule has 0 bridgehead atoms. The van der Waals surface area contributed by atoms with Gasteiger partial charge in [0, 0.05) is 34.7 Å². The summed E-state index contributed by atoms with van der Waals surface area (Å²) in [6.07, 6.45) is -0.877. The number of para-hydroxylation sites is 1. The van der Waals surface area contributed by atoms with Gasteiger partial charge in [0.25, 0.3) is 5.24 Å². The van der Waals surface area contributed by atoms with E-state index in [1.807, 2.05) is 12.1 Å². The predicted molar refractivity (Wildman–Crippen MR) is 124 cm³/mol. The Kier molecular flexibility index (Phi) is 7.57. The summed E-state index contributed by atoms with van der Waals surface area (Å²) in [4.78, 5) is 29.9. The quantitative estimate of drug-likeness (QED) is 0.429. The fourth-order valence-electron chi connectivity index (χ4n) is 3.46. The van der Waals surface area contributed by atoms with Gasteiger partial charge in [-0.05, 0) is 12.1 Å². The number of aliphatic carboxylic acids is 1. The van der Waals surface area contributed by atoms with Crippen molar-refractivity contribution in [3.8, 4) is 11.5 Å². The molecule has 0 radical (unpaired) electrons. The zero-order chi connectivity index (χ0) is 23.3. The van der Waals surface area contributed by atoms with Crippen molar-refractivity contribution in [2.45, 2.75) is 12.5 Å². The van der Waals surface area contributed by atoms with E-state index in [2.05, 4.69) is 0 Å². The number of benzene rings is 3. The van der Waals surface area contributed by atoms with Gasteiger partial charge in [0.05, 0.1) is 19.2 Å². The molecule has 0 heterocycles. The minimum absolute atomic E-state index is 0.0231. The van der Waals surface area contributed by atoms with Crippen LogP contribution >= 0.6 is 11.8 Å². The molecule has 0 aliphatic carbocycles. The van der Waals surface area contributed by atoms with Crippen molar-refractivity contribution >= 4 is 39.4 Å². The molecule has 0 saturated carbocycles. The van der Waals surface area contributed by atoms with E-state index >= 15 is 0 Å². The largest absolute Gasteiger partial charge is 0.507 e. The van der Waals surface area contributed by atoms with Gasteiger partial charge >= 0.3 is 5.97 Å². The highest BCUT2D eigenvalue weighted by atomic mass is 32.2. The molecule has 32 heavy (non-hydrogen) atoms. The number of aromatic hydroxyl groups is 1. The Morgan fingerprint density at radius 1 is 1.06 bits per heavy atom. The third-order valence-corrected chi connectivity index (χ3v) is 5.99. The van der Waals surface area contributed by atoms with Gasteiger partial charge in [-0.1, -0.05) is 54.2 Å². The monoisotopic (exact) mass is 456 g/mol. The second-order valence-electron chi connectivity index (χ2n) is 6.95.